The Morgan fingerprint density at radius 3 is 2.74 bits per heavy atom. The topological polar surface area (TPSA) is 105 Å². The minimum Gasteiger partial charge on any atom is -0.365 e. The Morgan fingerprint density at radius 2 is 2.04 bits per heavy atom. The van der Waals surface area contributed by atoms with Crippen LogP contribution in [0.15, 0.2) is 35.1 Å². The average Bonchev–Trinajstić information content (AvgIpc) is 2.63. The largest absolute Gasteiger partial charge is 0.365 e. The molecule has 0 aliphatic heterocycles. The fourth-order valence-electron chi connectivity index (χ4n) is 3.15. The predicted molar refractivity (Wildman–Crippen MR) is 107 cm³/mol. The zero-order valence-corrected chi connectivity index (χ0v) is 16.2. The van der Waals surface area contributed by atoms with Gasteiger partial charge in [0.2, 0.25) is 5.91 Å². The smallest absolute Gasteiger partial charge is 0.261 e. The molecule has 0 fully saturated rings. The Bertz CT molecular complexity index is 911. The van der Waals surface area contributed by atoms with Crippen molar-refractivity contribution in [3.63, 3.8) is 0 Å². The number of benzene rings is 1. The number of carbonyl (C=O) groups is 2. The fourth-order valence-corrected chi connectivity index (χ4v) is 4.08. The second-order valence-corrected chi connectivity index (χ2v) is 7.86. The molecular weight excluding hydrogens is 386 g/mol. The minimum atomic E-state index is -0.770. The van der Waals surface area contributed by atoms with Gasteiger partial charge in [-0.1, -0.05) is 23.7 Å². The standard InChI is InChI=1S/C19H20ClN3O3S/c20-12-6-4-11(5-7-12)9-27-10-17(24)22-15-2-1-3-16-13(15)8-14(18(21)25)19(26)23-16/h4-8,15H,1-3,9-10H2,(H2,21,25)(H,22,24)(H,23,26). The molecule has 27 heavy (non-hydrogen) atoms. The molecule has 1 aliphatic rings. The van der Waals surface area contributed by atoms with E-state index in [4.69, 9.17) is 17.3 Å². The predicted octanol–water partition coefficient (Wildman–Crippen LogP) is 2.55. The third kappa shape index (κ3) is 4.93. The second-order valence-electron chi connectivity index (χ2n) is 6.44. The van der Waals surface area contributed by atoms with Crippen molar-refractivity contribution >= 4 is 35.2 Å². The number of H-pyrrole nitrogens is 1. The molecule has 1 aromatic carbocycles. The lowest BCUT2D eigenvalue weighted by atomic mass is 9.90. The van der Waals surface area contributed by atoms with Crippen LogP contribution in [0.2, 0.25) is 5.02 Å². The van der Waals surface area contributed by atoms with E-state index < -0.39 is 11.5 Å². The SMILES string of the molecule is NC(=O)c1cc2c([nH]c1=O)CCCC2NC(=O)CSCc1ccc(Cl)cc1. The summed E-state index contributed by atoms with van der Waals surface area (Å²) >= 11 is 7.38. The summed E-state index contributed by atoms with van der Waals surface area (Å²) in [4.78, 5) is 38.4. The van der Waals surface area contributed by atoms with E-state index in [0.29, 0.717) is 22.9 Å². The number of rotatable bonds is 6. The first-order chi connectivity index (χ1) is 12.9. The van der Waals surface area contributed by atoms with E-state index >= 15 is 0 Å². The molecule has 8 heteroatoms. The molecule has 0 saturated heterocycles. The van der Waals surface area contributed by atoms with Gasteiger partial charge in [-0.3, -0.25) is 14.4 Å². The maximum atomic E-state index is 12.3. The van der Waals surface area contributed by atoms with Crippen molar-refractivity contribution in [3.8, 4) is 0 Å². The number of aromatic amines is 1. The molecule has 6 nitrogen and oxygen atoms in total. The molecule has 1 atom stereocenters. The highest BCUT2D eigenvalue weighted by Gasteiger charge is 2.24. The number of halogens is 1. The van der Waals surface area contributed by atoms with Crippen LogP contribution in [0.1, 0.15) is 46.1 Å². The number of pyridine rings is 1. The van der Waals surface area contributed by atoms with Crippen LogP contribution in [0.25, 0.3) is 0 Å². The Morgan fingerprint density at radius 1 is 1.30 bits per heavy atom. The zero-order valence-electron chi connectivity index (χ0n) is 14.6. The molecule has 1 heterocycles. The Kier molecular flexibility index (Phi) is 6.23. The van der Waals surface area contributed by atoms with Crippen molar-refractivity contribution in [1.82, 2.24) is 10.3 Å². The first-order valence-electron chi connectivity index (χ1n) is 8.61. The number of hydrogen-bond acceptors (Lipinski definition) is 4. The van der Waals surface area contributed by atoms with Gasteiger partial charge in [-0.25, -0.2) is 0 Å². The molecule has 0 spiro atoms. The van der Waals surface area contributed by atoms with Gasteiger partial charge in [0.1, 0.15) is 5.56 Å². The van der Waals surface area contributed by atoms with Crippen LogP contribution in [-0.4, -0.2) is 22.6 Å². The van der Waals surface area contributed by atoms with Crippen LogP contribution < -0.4 is 16.6 Å². The highest BCUT2D eigenvalue weighted by molar-refractivity contribution is 7.99. The normalized spacial score (nSPS) is 15.8. The van der Waals surface area contributed by atoms with Crippen LogP contribution >= 0.6 is 23.4 Å². The Labute approximate surface area is 165 Å². The monoisotopic (exact) mass is 405 g/mol. The van der Waals surface area contributed by atoms with Gasteiger partial charge in [-0.2, -0.15) is 0 Å². The number of primary amides is 1. The van der Waals surface area contributed by atoms with Crippen molar-refractivity contribution in [1.29, 1.82) is 0 Å². The molecular formula is C19H20ClN3O3S. The van der Waals surface area contributed by atoms with E-state index in [1.54, 1.807) is 0 Å². The van der Waals surface area contributed by atoms with E-state index in [-0.39, 0.29) is 17.5 Å². The van der Waals surface area contributed by atoms with Crippen molar-refractivity contribution in [2.45, 2.75) is 31.1 Å². The Balaban J connectivity index is 1.62. The van der Waals surface area contributed by atoms with Crippen LogP contribution in [0.5, 0.6) is 0 Å². The number of amides is 2. The number of carbonyl (C=O) groups excluding carboxylic acids is 2. The van der Waals surface area contributed by atoms with E-state index in [1.165, 1.54) is 17.8 Å². The highest BCUT2D eigenvalue weighted by Crippen LogP contribution is 2.28. The molecule has 0 radical (unpaired) electrons. The van der Waals surface area contributed by atoms with Gasteiger partial charge in [0, 0.05) is 16.5 Å². The average molecular weight is 406 g/mol. The van der Waals surface area contributed by atoms with Crippen LogP contribution in [0.3, 0.4) is 0 Å². The number of aromatic nitrogens is 1. The van der Waals surface area contributed by atoms with Crippen molar-refractivity contribution in [2.24, 2.45) is 5.73 Å². The maximum absolute atomic E-state index is 12.3. The lowest BCUT2D eigenvalue weighted by Gasteiger charge is -2.26. The number of nitrogens with two attached hydrogens (primary N) is 1. The van der Waals surface area contributed by atoms with Gasteiger partial charge in [-0.15, -0.1) is 11.8 Å². The van der Waals surface area contributed by atoms with Gasteiger partial charge in [0.15, 0.2) is 0 Å². The summed E-state index contributed by atoms with van der Waals surface area (Å²) in [7, 11) is 0. The lowest BCUT2D eigenvalue weighted by Crippen LogP contribution is -2.34. The first kappa shape index (κ1) is 19.5. The van der Waals surface area contributed by atoms with Gasteiger partial charge in [0.05, 0.1) is 11.8 Å². The quantitative estimate of drug-likeness (QED) is 0.686. The van der Waals surface area contributed by atoms with Crippen molar-refractivity contribution < 1.29 is 9.59 Å². The number of aryl methyl sites for hydroxylation is 1. The highest BCUT2D eigenvalue weighted by atomic mass is 35.5. The van der Waals surface area contributed by atoms with Crippen molar-refractivity contribution in [3.05, 3.63) is 68.1 Å². The minimum absolute atomic E-state index is 0.0768. The molecule has 4 N–H and O–H groups in total. The number of fused-ring (bicyclic) bond motifs is 1. The summed E-state index contributed by atoms with van der Waals surface area (Å²) in [5, 5.41) is 3.69. The molecule has 1 aliphatic carbocycles. The fraction of sp³-hybridized carbons (Fsp3) is 0.316. The number of hydrogen-bond donors (Lipinski definition) is 3. The summed E-state index contributed by atoms with van der Waals surface area (Å²) < 4.78 is 0. The zero-order chi connectivity index (χ0) is 19.4. The van der Waals surface area contributed by atoms with E-state index in [0.717, 1.165) is 29.7 Å². The molecule has 142 valence electrons. The van der Waals surface area contributed by atoms with Crippen molar-refractivity contribution in [2.75, 3.05) is 5.75 Å². The van der Waals surface area contributed by atoms with E-state index in [2.05, 4.69) is 10.3 Å². The summed E-state index contributed by atoms with van der Waals surface area (Å²) in [5.74, 6) is 0.178. The third-order valence-electron chi connectivity index (χ3n) is 4.47. The number of thioether (sulfide) groups is 1. The molecule has 3 rings (SSSR count). The van der Waals surface area contributed by atoms with Gasteiger partial charge < -0.3 is 16.0 Å². The second kappa shape index (κ2) is 8.63. The van der Waals surface area contributed by atoms with Gasteiger partial charge >= 0.3 is 0 Å². The molecule has 1 unspecified atom stereocenters. The first-order valence-corrected chi connectivity index (χ1v) is 10.1. The van der Waals surface area contributed by atoms with E-state index in [9.17, 15) is 14.4 Å². The van der Waals surface area contributed by atoms with Crippen LogP contribution in [0, 0.1) is 0 Å². The molecule has 2 aromatic rings. The van der Waals surface area contributed by atoms with Crippen LogP contribution in [-0.2, 0) is 17.0 Å². The van der Waals surface area contributed by atoms with Crippen LogP contribution in [0.4, 0.5) is 0 Å². The maximum Gasteiger partial charge on any atom is 0.261 e. The third-order valence-corrected chi connectivity index (χ3v) is 5.72. The number of nitrogens with one attached hydrogen (secondary N) is 2. The summed E-state index contributed by atoms with van der Waals surface area (Å²) in [6, 6.07) is 8.81. The molecule has 1 aromatic heterocycles. The molecule has 0 bridgehead atoms. The molecule has 2 amide bonds. The summed E-state index contributed by atoms with van der Waals surface area (Å²) in [5.41, 5.74) is 7.34. The summed E-state index contributed by atoms with van der Waals surface area (Å²) in [6.07, 6.45) is 2.31. The summed E-state index contributed by atoms with van der Waals surface area (Å²) in [6.45, 7) is 0. The van der Waals surface area contributed by atoms with Gasteiger partial charge in [-0.05, 0) is 48.6 Å². The molecule has 0 saturated carbocycles. The lowest BCUT2D eigenvalue weighted by molar-refractivity contribution is -0.119. The van der Waals surface area contributed by atoms with E-state index in [1.807, 2.05) is 24.3 Å². The van der Waals surface area contributed by atoms with Gasteiger partial charge in [0.25, 0.3) is 11.5 Å². The Hall–Kier alpha value is -2.25.